The zero-order valence-corrected chi connectivity index (χ0v) is 26.9. The Bertz CT molecular complexity index is 1560. The van der Waals surface area contributed by atoms with Crippen molar-refractivity contribution in [3.05, 3.63) is 88.3 Å². The minimum Gasteiger partial charge on any atom is -0.496 e. The number of hydrogen-bond donors (Lipinski definition) is 1. The van der Waals surface area contributed by atoms with Gasteiger partial charge in [0.1, 0.15) is 5.75 Å². The van der Waals surface area contributed by atoms with Gasteiger partial charge >= 0.3 is 0 Å². The second kappa shape index (κ2) is 13.9. The monoisotopic (exact) mass is 596 g/mol. The number of fused-ring (bicyclic) bond motifs is 1. The minimum absolute atomic E-state index is 0.00264. The van der Waals surface area contributed by atoms with Crippen molar-refractivity contribution in [1.29, 1.82) is 0 Å². The Morgan fingerprint density at radius 1 is 0.977 bits per heavy atom. The highest BCUT2D eigenvalue weighted by Gasteiger charge is 2.30. The predicted molar refractivity (Wildman–Crippen MR) is 179 cm³/mol. The van der Waals surface area contributed by atoms with E-state index < -0.39 is 0 Å². The van der Waals surface area contributed by atoms with Gasteiger partial charge in [-0.1, -0.05) is 36.4 Å². The number of amides is 1. The number of thiophene rings is 1. The van der Waals surface area contributed by atoms with Crippen LogP contribution in [0.25, 0.3) is 21.2 Å². The smallest absolute Gasteiger partial charge is 0.253 e. The van der Waals surface area contributed by atoms with E-state index in [0.717, 1.165) is 58.6 Å². The summed E-state index contributed by atoms with van der Waals surface area (Å²) in [6, 6.07) is 23.1. The number of nitrogens with one attached hydrogen (secondary N) is 1. The van der Waals surface area contributed by atoms with Gasteiger partial charge < -0.3 is 15.0 Å². The number of benzene rings is 3. The Morgan fingerprint density at radius 2 is 1.67 bits per heavy atom. The molecule has 226 valence electrons. The largest absolute Gasteiger partial charge is 0.496 e. The van der Waals surface area contributed by atoms with E-state index in [9.17, 15) is 9.59 Å². The van der Waals surface area contributed by atoms with Crippen molar-refractivity contribution in [2.24, 2.45) is 11.8 Å². The molecule has 1 aliphatic rings. The lowest BCUT2D eigenvalue weighted by Crippen LogP contribution is -2.33. The van der Waals surface area contributed by atoms with Crippen LogP contribution in [0.1, 0.15) is 69.7 Å². The topological polar surface area (TPSA) is 58.6 Å². The molecule has 1 aliphatic carbocycles. The van der Waals surface area contributed by atoms with Gasteiger partial charge in [-0.25, -0.2) is 0 Å². The van der Waals surface area contributed by atoms with Crippen LogP contribution >= 0.6 is 11.3 Å². The molecule has 6 heteroatoms. The molecular weight excluding hydrogens is 552 g/mol. The molecule has 0 radical (unpaired) electrons. The summed E-state index contributed by atoms with van der Waals surface area (Å²) < 4.78 is 6.99. The summed E-state index contributed by atoms with van der Waals surface area (Å²) in [7, 11) is 7.32. The van der Waals surface area contributed by atoms with Crippen molar-refractivity contribution >= 4 is 33.1 Å². The molecule has 1 aromatic heterocycles. The van der Waals surface area contributed by atoms with Gasteiger partial charge in [0.2, 0.25) is 0 Å². The highest BCUT2D eigenvalue weighted by atomic mass is 32.1. The van der Waals surface area contributed by atoms with Gasteiger partial charge in [0.25, 0.3) is 5.91 Å². The van der Waals surface area contributed by atoms with Gasteiger partial charge in [-0.15, -0.1) is 11.3 Å². The third-order valence-electron chi connectivity index (χ3n) is 9.33. The number of carbonyl (C=O) groups is 2. The molecule has 1 saturated carbocycles. The maximum absolute atomic E-state index is 13.8. The molecule has 3 aromatic carbocycles. The molecule has 5 nitrogen and oxygen atoms in total. The SMILES string of the molecule is CNC1CCC([C@H](CCc2cc(-c3ccc(C(=O)N(C)C)cc3)ccc2OC)CC(=O)c2sc3ccccc3c2C)CC1. The standard InChI is InChI=1S/C37H44N2O3S/c1-24-32-8-6-7-9-35(32)43-36(24)33(40)23-29(26-16-19-31(38-2)20-17-26)14-15-30-22-28(18-21-34(30)42-5)25-10-12-27(13-11-25)37(41)39(3)4/h6-13,18,21-22,26,29,31,38H,14-17,19-20,23H2,1-5H3/t26?,29-,31?/m1/s1. The predicted octanol–water partition coefficient (Wildman–Crippen LogP) is 8.19. The van der Waals surface area contributed by atoms with Gasteiger partial charge in [0.15, 0.2) is 5.78 Å². The van der Waals surface area contributed by atoms with Crippen LogP contribution in [0.15, 0.2) is 66.7 Å². The first-order chi connectivity index (χ1) is 20.8. The summed E-state index contributed by atoms with van der Waals surface area (Å²) in [6.07, 6.45) is 7.03. The number of Topliss-reactive ketones (excluding diaryl/α,β-unsaturated/α-hetero) is 1. The lowest BCUT2D eigenvalue weighted by Gasteiger charge is -2.34. The zero-order valence-electron chi connectivity index (χ0n) is 26.1. The Balaban J connectivity index is 1.37. The van der Waals surface area contributed by atoms with Crippen LogP contribution in [0.2, 0.25) is 0 Å². The lowest BCUT2D eigenvalue weighted by atomic mass is 9.74. The Kier molecular flexibility index (Phi) is 9.99. The van der Waals surface area contributed by atoms with E-state index in [1.165, 1.54) is 22.9 Å². The Labute approximate surface area is 260 Å². The molecule has 1 heterocycles. The summed E-state index contributed by atoms with van der Waals surface area (Å²) >= 11 is 1.65. The van der Waals surface area contributed by atoms with Gasteiger partial charge in [0.05, 0.1) is 12.0 Å². The number of ether oxygens (including phenoxy) is 1. The fraction of sp³-hybridized carbons (Fsp3) is 0.405. The second-order valence-electron chi connectivity index (χ2n) is 12.2. The number of rotatable bonds is 11. The molecule has 43 heavy (non-hydrogen) atoms. The van der Waals surface area contributed by atoms with Gasteiger partial charge in [0, 0.05) is 36.8 Å². The average Bonchev–Trinajstić information content (AvgIpc) is 3.38. The molecule has 1 atom stereocenters. The normalized spacial score (nSPS) is 17.5. The maximum Gasteiger partial charge on any atom is 0.253 e. The van der Waals surface area contributed by atoms with Crippen LogP contribution in [0.3, 0.4) is 0 Å². The third kappa shape index (κ3) is 7.02. The number of hydrogen-bond acceptors (Lipinski definition) is 5. The van der Waals surface area contributed by atoms with Crippen molar-refractivity contribution in [3.63, 3.8) is 0 Å². The molecule has 0 spiro atoms. The van der Waals surface area contributed by atoms with Crippen molar-refractivity contribution in [3.8, 4) is 16.9 Å². The van der Waals surface area contributed by atoms with E-state index in [0.29, 0.717) is 29.9 Å². The molecule has 0 bridgehead atoms. The van der Waals surface area contributed by atoms with E-state index in [1.54, 1.807) is 37.4 Å². The molecule has 1 fully saturated rings. The Morgan fingerprint density at radius 3 is 2.33 bits per heavy atom. The fourth-order valence-electron chi connectivity index (χ4n) is 6.71. The molecule has 0 unspecified atom stereocenters. The molecule has 0 aliphatic heterocycles. The van der Waals surface area contributed by atoms with Crippen LogP contribution in [0.4, 0.5) is 0 Å². The van der Waals surface area contributed by atoms with Gasteiger partial charge in [-0.3, -0.25) is 9.59 Å². The van der Waals surface area contributed by atoms with Crippen molar-refractivity contribution in [1.82, 2.24) is 10.2 Å². The van der Waals surface area contributed by atoms with Crippen molar-refractivity contribution in [2.75, 3.05) is 28.3 Å². The number of nitrogens with zero attached hydrogens (tertiary/aromatic N) is 1. The van der Waals surface area contributed by atoms with Crippen LogP contribution in [-0.2, 0) is 6.42 Å². The lowest BCUT2D eigenvalue weighted by molar-refractivity contribution is 0.0827. The van der Waals surface area contributed by atoms with Crippen molar-refractivity contribution in [2.45, 2.75) is 57.9 Å². The molecule has 4 aromatic rings. The number of aryl methyl sites for hydroxylation is 2. The van der Waals surface area contributed by atoms with Crippen LogP contribution in [0, 0.1) is 18.8 Å². The minimum atomic E-state index is -0.00264. The first-order valence-corrected chi connectivity index (χ1v) is 16.3. The third-order valence-corrected chi connectivity index (χ3v) is 10.6. The average molecular weight is 597 g/mol. The second-order valence-corrected chi connectivity index (χ2v) is 13.2. The van der Waals surface area contributed by atoms with Crippen LogP contribution < -0.4 is 10.1 Å². The van der Waals surface area contributed by atoms with E-state index in [1.807, 2.05) is 30.3 Å². The van der Waals surface area contributed by atoms with E-state index in [-0.39, 0.29) is 11.7 Å². The first-order valence-electron chi connectivity index (χ1n) is 15.5. The highest BCUT2D eigenvalue weighted by Crippen LogP contribution is 2.39. The first kappa shape index (κ1) is 31.0. The molecule has 5 rings (SSSR count). The number of methoxy groups -OCH3 is 1. The van der Waals surface area contributed by atoms with Gasteiger partial charge in [-0.05, 0) is 122 Å². The van der Waals surface area contributed by atoms with Crippen LogP contribution in [-0.4, -0.2) is 50.9 Å². The summed E-state index contributed by atoms with van der Waals surface area (Å²) in [5.41, 5.74) is 5.12. The van der Waals surface area contributed by atoms with Gasteiger partial charge in [-0.2, -0.15) is 0 Å². The van der Waals surface area contributed by atoms with Crippen molar-refractivity contribution < 1.29 is 14.3 Å². The summed E-state index contributed by atoms with van der Waals surface area (Å²) in [6.45, 7) is 2.10. The summed E-state index contributed by atoms with van der Waals surface area (Å²) in [4.78, 5) is 28.7. The number of ketones is 1. The molecule has 1 amide bonds. The fourth-order valence-corrected chi connectivity index (χ4v) is 7.87. The van der Waals surface area contributed by atoms with E-state index in [2.05, 4.69) is 55.7 Å². The molecule has 0 saturated heterocycles. The molecular formula is C37H44N2O3S. The summed E-state index contributed by atoms with van der Waals surface area (Å²) in [5.74, 6) is 2.02. The Hall–Kier alpha value is -3.48. The number of carbonyl (C=O) groups excluding carboxylic acids is 2. The summed E-state index contributed by atoms with van der Waals surface area (Å²) in [5, 5.41) is 4.66. The van der Waals surface area contributed by atoms with E-state index in [4.69, 9.17) is 4.74 Å². The highest BCUT2D eigenvalue weighted by molar-refractivity contribution is 7.21. The zero-order chi connectivity index (χ0) is 30.5. The molecule has 1 N–H and O–H groups in total. The van der Waals surface area contributed by atoms with Crippen LogP contribution in [0.5, 0.6) is 5.75 Å². The van der Waals surface area contributed by atoms with E-state index >= 15 is 0 Å². The quantitative estimate of drug-likeness (QED) is 0.177. The maximum atomic E-state index is 13.8.